The number of hydrogen-bond donors (Lipinski definition) is 0. The maximum Gasteiger partial charge on any atom is 0.212 e. The average molecular weight is 524 g/mol. The highest BCUT2D eigenvalue weighted by Crippen LogP contribution is 2.15. The number of hydrogen-bond acceptors (Lipinski definition) is 7. The molecule has 2 aliphatic heterocycles. The van der Waals surface area contributed by atoms with Crippen LogP contribution < -0.4 is 0 Å². The second-order valence-electron chi connectivity index (χ2n) is 6.62. The first-order valence-electron chi connectivity index (χ1n) is 9.11. The smallest absolute Gasteiger partial charge is 0.212 e. The molecule has 0 aliphatic carbocycles. The van der Waals surface area contributed by atoms with Crippen LogP contribution in [0.5, 0.6) is 0 Å². The summed E-state index contributed by atoms with van der Waals surface area (Å²) in [6.45, 7) is 1.44. The van der Waals surface area contributed by atoms with Gasteiger partial charge in [0.2, 0.25) is 11.8 Å². The van der Waals surface area contributed by atoms with E-state index < -0.39 is 0 Å². The number of nitrogens with zero attached hydrogens (tertiary/aromatic N) is 4. The molecule has 0 fully saturated rings. The van der Waals surface area contributed by atoms with E-state index in [0.29, 0.717) is 51.6 Å². The molecule has 0 aromatic heterocycles. The number of halogens is 2. The molecule has 0 amide bonds. The average Bonchev–Trinajstić information content (AvgIpc) is 3.35. The fraction of sp³-hybridized carbons (Fsp3) is 0.300. The second-order valence-corrected chi connectivity index (χ2v) is 8.45. The number of benzene rings is 2. The van der Waals surface area contributed by atoms with Gasteiger partial charge in [0.05, 0.1) is 12.8 Å². The molecule has 2 aliphatic rings. The van der Waals surface area contributed by atoms with Gasteiger partial charge in [-0.05, 0) is 35.4 Å². The Hall–Kier alpha value is -2.10. The molecule has 0 radical (unpaired) electrons. The van der Waals surface area contributed by atoms with E-state index in [1.54, 1.807) is 10.0 Å². The second kappa shape index (κ2) is 9.60. The Bertz CT molecular complexity index is 814. The lowest BCUT2D eigenvalue weighted by Gasteiger charge is -2.15. The number of ether oxygens (including phenoxy) is 3. The minimum Gasteiger partial charge on any atom is -0.456 e. The third-order valence-corrected chi connectivity index (χ3v) is 5.34. The molecule has 0 bridgehead atoms. The zero-order valence-electron chi connectivity index (χ0n) is 15.6. The first kappa shape index (κ1) is 20.2. The van der Waals surface area contributed by atoms with Crippen LogP contribution >= 0.6 is 31.9 Å². The Kier molecular flexibility index (Phi) is 6.68. The van der Waals surface area contributed by atoms with Crippen molar-refractivity contribution in [2.45, 2.75) is 12.8 Å². The van der Waals surface area contributed by atoms with E-state index >= 15 is 0 Å². The van der Waals surface area contributed by atoms with Crippen LogP contribution in [-0.4, -0.2) is 48.7 Å². The third kappa shape index (κ3) is 5.94. The van der Waals surface area contributed by atoms with Crippen molar-refractivity contribution in [3.8, 4) is 0 Å². The molecule has 7 nitrogen and oxygen atoms in total. The normalized spacial score (nSPS) is 15.8. The molecule has 0 spiro atoms. The fourth-order valence-corrected chi connectivity index (χ4v) is 3.37. The van der Waals surface area contributed by atoms with Crippen LogP contribution in [0.3, 0.4) is 0 Å². The zero-order valence-corrected chi connectivity index (χ0v) is 18.8. The summed E-state index contributed by atoms with van der Waals surface area (Å²) in [6.07, 6.45) is 1.32. The van der Waals surface area contributed by atoms with Crippen LogP contribution in [0, 0.1) is 0 Å². The van der Waals surface area contributed by atoms with Crippen molar-refractivity contribution in [2.75, 3.05) is 26.9 Å². The summed E-state index contributed by atoms with van der Waals surface area (Å²) in [7, 11) is 0. The minimum atomic E-state index is 0.331. The number of hydrazone groups is 2. The van der Waals surface area contributed by atoms with E-state index in [1.165, 1.54) is 0 Å². The van der Waals surface area contributed by atoms with E-state index in [4.69, 9.17) is 14.2 Å². The standard InChI is InChI=1S/C20H20Br2N4O3/c21-17-5-1-15(2-6-17)9-19-23-25(13-28-19)11-27-12-26-14-29-20(24-26)10-16-3-7-18(22)8-4-16/h1-8H,9-14H2. The monoisotopic (exact) mass is 522 g/mol. The molecule has 0 saturated heterocycles. The summed E-state index contributed by atoms with van der Waals surface area (Å²) in [5.41, 5.74) is 2.30. The van der Waals surface area contributed by atoms with Gasteiger partial charge in [-0.1, -0.05) is 56.1 Å². The summed E-state index contributed by atoms with van der Waals surface area (Å²) in [5, 5.41) is 12.4. The molecule has 4 rings (SSSR count). The Balaban J connectivity index is 1.19. The van der Waals surface area contributed by atoms with Gasteiger partial charge in [0, 0.05) is 8.95 Å². The van der Waals surface area contributed by atoms with Gasteiger partial charge in [-0.25, -0.2) is 10.0 Å². The number of rotatable bonds is 8. The molecule has 2 aromatic carbocycles. The van der Waals surface area contributed by atoms with E-state index in [9.17, 15) is 0 Å². The van der Waals surface area contributed by atoms with E-state index in [1.807, 2.05) is 48.5 Å². The van der Waals surface area contributed by atoms with E-state index in [2.05, 4.69) is 42.1 Å². The summed E-state index contributed by atoms with van der Waals surface area (Å²) < 4.78 is 19.1. The van der Waals surface area contributed by atoms with Crippen molar-refractivity contribution < 1.29 is 14.2 Å². The quantitative estimate of drug-likeness (QED) is 0.520. The van der Waals surface area contributed by atoms with Crippen LogP contribution in [-0.2, 0) is 27.1 Å². The summed E-state index contributed by atoms with van der Waals surface area (Å²) >= 11 is 6.87. The summed E-state index contributed by atoms with van der Waals surface area (Å²) in [6, 6.07) is 16.2. The lowest BCUT2D eigenvalue weighted by Crippen LogP contribution is -2.25. The van der Waals surface area contributed by atoms with Crippen LogP contribution in [0.4, 0.5) is 0 Å². The topological polar surface area (TPSA) is 58.9 Å². The maximum atomic E-state index is 5.70. The maximum absolute atomic E-state index is 5.70. The molecule has 2 aromatic rings. The molecular formula is C20H20Br2N4O3. The molecule has 0 atom stereocenters. The van der Waals surface area contributed by atoms with Crippen molar-refractivity contribution in [3.05, 3.63) is 68.6 Å². The van der Waals surface area contributed by atoms with Crippen LogP contribution in [0.1, 0.15) is 11.1 Å². The van der Waals surface area contributed by atoms with Gasteiger partial charge in [0.25, 0.3) is 0 Å². The van der Waals surface area contributed by atoms with Crippen LogP contribution in [0.25, 0.3) is 0 Å². The van der Waals surface area contributed by atoms with Gasteiger partial charge in [-0.3, -0.25) is 0 Å². The molecule has 2 heterocycles. The first-order valence-corrected chi connectivity index (χ1v) is 10.7. The highest BCUT2D eigenvalue weighted by molar-refractivity contribution is 9.10. The zero-order chi connectivity index (χ0) is 20.1. The molecule has 0 unspecified atom stereocenters. The Morgan fingerprint density at radius 2 is 1.14 bits per heavy atom. The SMILES string of the molecule is Brc1ccc(CC2=NN(COCN3COC(Cc4ccc(Br)cc4)=N3)CO2)cc1. The molecular weight excluding hydrogens is 504 g/mol. The lowest BCUT2D eigenvalue weighted by atomic mass is 10.1. The van der Waals surface area contributed by atoms with Crippen molar-refractivity contribution in [1.82, 2.24) is 10.0 Å². The van der Waals surface area contributed by atoms with Gasteiger partial charge >= 0.3 is 0 Å². The van der Waals surface area contributed by atoms with Crippen LogP contribution in [0.2, 0.25) is 0 Å². The van der Waals surface area contributed by atoms with Crippen molar-refractivity contribution in [1.29, 1.82) is 0 Å². The van der Waals surface area contributed by atoms with Gasteiger partial charge in [0.15, 0.2) is 13.5 Å². The highest BCUT2D eigenvalue weighted by atomic mass is 79.9. The summed E-state index contributed by atoms with van der Waals surface area (Å²) in [4.78, 5) is 0. The highest BCUT2D eigenvalue weighted by Gasteiger charge is 2.18. The van der Waals surface area contributed by atoms with Crippen molar-refractivity contribution in [2.24, 2.45) is 10.2 Å². The largest absolute Gasteiger partial charge is 0.456 e. The van der Waals surface area contributed by atoms with Crippen LogP contribution in [0.15, 0.2) is 67.7 Å². The Morgan fingerprint density at radius 3 is 1.55 bits per heavy atom. The molecule has 152 valence electrons. The lowest BCUT2D eigenvalue weighted by molar-refractivity contribution is -0.0503. The molecule has 9 heteroatoms. The molecule has 0 N–H and O–H groups in total. The van der Waals surface area contributed by atoms with Gasteiger partial charge in [-0.2, -0.15) is 0 Å². The Labute approximate surface area is 186 Å². The predicted octanol–water partition coefficient (Wildman–Crippen LogP) is 4.13. The summed E-state index contributed by atoms with van der Waals surface area (Å²) in [5.74, 6) is 1.38. The van der Waals surface area contributed by atoms with Crippen molar-refractivity contribution in [3.63, 3.8) is 0 Å². The molecule has 0 saturated carbocycles. The Morgan fingerprint density at radius 1 is 0.724 bits per heavy atom. The first-order chi connectivity index (χ1) is 14.1. The fourth-order valence-electron chi connectivity index (χ4n) is 2.84. The van der Waals surface area contributed by atoms with Gasteiger partial charge in [0.1, 0.15) is 13.5 Å². The molecule has 29 heavy (non-hydrogen) atoms. The predicted molar refractivity (Wildman–Crippen MR) is 117 cm³/mol. The van der Waals surface area contributed by atoms with Gasteiger partial charge < -0.3 is 14.2 Å². The third-order valence-electron chi connectivity index (χ3n) is 4.28. The van der Waals surface area contributed by atoms with Gasteiger partial charge in [-0.15, -0.1) is 10.2 Å². The minimum absolute atomic E-state index is 0.331. The van der Waals surface area contributed by atoms with E-state index in [-0.39, 0.29) is 0 Å². The van der Waals surface area contributed by atoms with E-state index in [0.717, 1.165) is 20.1 Å². The van der Waals surface area contributed by atoms with Crippen molar-refractivity contribution >= 4 is 43.7 Å².